The predicted octanol–water partition coefficient (Wildman–Crippen LogP) is 5.18. The zero-order chi connectivity index (χ0) is 12.8. The summed E-state index contributed by atoms with van der Waals surface area (Å²) in [6.07, 6.45) is 5.20. The summed E-state index contributed by atoms with van der Waals surface area (Å²) < 4.78 is 6.22. The van der Waals surface area contributed by atoms with Gasteiger partial charge in [0.25, 0.3) is 0 Å². The average molecular weight is 243 g/mol. The molecule has 16 heavy (non-hydrogen) atoms. The van der Waals surface area contributed by atoms with Crippen molar-refractivity contribution >= 4 is 9.04 Å². The average Bonchev–Trinajstić information content (AvgIpc) is 2.06. The molecule has 0 heterocycles. The van der Waals surface area contributed by atoms with Crippen LogP contribution in [0.2, 0.25) is 10.1 Å². The number of hydrogen-bond acceptors (Lipinski definition) is 1. The summed E-state index contributed by atoms with van der Waals surface area (Å²) >= 11 is 0. The van der Waals surface area contributed by atoms with Crippen molar-refractivity contribution in [3.8, 4) is 0 Å². The summed E-state index contributed by atoms with van der Waals surface area (Å²) in [7, 11) is -0.763. The fourth-order valence-corrected chi connectivity index (χ4v) is 5.73. The molecule has 0 fully saturated rings. The van der Waals surface area contributed by atoms with Gasteiger partial charge in [0.05, 0.1) is 0 Å². The highest BCUT2D eigenvalue weighted by Crippen LogP contribution is 2.42. The monoisotopic (exact) mass is 243 g/mol. The molecule has 0 unspecified atom stereocenters. The number of rotatable bonds is 6. The van der Waals surface area contributed by atoms with E-state index < -0.39 is 9.04 Å². The second kappa shape index (κ2) is 6.80. The Balaban J connectivity index is 4.06. The van der Waals surface area contributed by atoms with Gasteiger partial charge in [-0.25, -0.2) is 0 Å². The lowest BCUT2D eigenvalue weighted by atomic mass is 10.2. The summed E-state index contributed by atoms with van der Waals surface area (Å²) in [5.41, 5.74) is 0. The summed E-state index contributed by atoms with van der Waals surface area (Å²) in [4.78, 5) is 0. The van der Waals surface area contributed by atoms with Crippen molar-refractivity contribution in [2.45, 2.75) is 84.2 Å². The van der Waals surface area contributed by atoms with Crippen LogP contribution in [0.15, 0.2) is 0 Å². The van der Waals surface area contributed by atoms with E-state index in [9.17, 15) is 0 Å². The van der Waals surface area contributed by atoms with Gasteiger partial charge in [0.2, 0.25) is 9.04 Å². The molecule has 1 nitrogen and oxygen atoms in total. The predicted molar refractivity (Wildman–Crippen MR) is 75.3 cm³/mol. The van der Waals surface area contributed by atoms with Crippen molar-refractivity contribution in [1.29, 1.82) is 0 Å². The molecule has 0 aromatic heterocycles. The Morgan fingerprint density at radius 3 is 1.69 bits per heavy atom. The van der Waals surface area contributed by atoms with Gasteiger partial charge in [0.1, 0.15) is 0 Å². The highest BCUT2D eigenvalue weighted by molar-refractivity contribution is 6.58. The molecule has 1 radical (unpaired) electrons. The normalized spacial score (nSPS) is 13.5. The lowest BCUT2D eigenvalue weighted by molar-refractivity contribution is 0.273. The van der Waals surface area contributed by atoms with Crippen LogP contribution in [0, 0.1) is 0 Å². The SMILES string of the molecule is CCCCCCO[Si](C(C)(C)C)C(C)(C)C. The van der Waals surface area contributed by atoms with E-state index in [1.54, 1.807) is 0 Å². The van der Waals surface area contributed by atoms with Crippen LogP contribution in [0.4, 0.5) is 0 Å². The lowest BCUT2D eigenvalue weighted by Crippen LogP contribution is -2.38. The maximum Gasteiger partial charge on any atom is 0.222 e. The van der Waals surface area contributed by atoms with Gasteiger partial charge < -0.3 is 4.43 Å². The molecule has 0 aliphatic carbocycles. The molecule has 2 heteroatoms. The third-order valence-corrected chi connectivity index (χ3v) is 5.82. The topological polar surface area (TPSA) is 9.23 Å². The Hall–Kier alpha value is 0.177. The quantitative estimate of drug-likeness (QED) is 0.461. The summed E-state index contributed by atoms with van der Waals surface area (Å²) in [6, 6.07) is 0. The van der Waals surface area contributed by atoms with Crippen LogP contribution in [0.5, 0.6) is 0 Å². The Morgan fingerprint density at radius 2 is 1.31 bits per heavy atom. The van der Waals surface area contributed by atoms with E-state index >= 15 is 0 Å². The molecule has 0 amide bonds. The van der Waals surface area contributed by atoms with Gasteiger partial charge in [-0.3, -0.25) is 0 Å². The fourth-order valence-electron chi connectivity index (χ4n) is 2.26. The Labute approximate surface area is 105 Å². The van der Waals surface area contributed by atoms with E-state index in [1.165, 1.54) is 25.7 Å². The largest absolute Gasteiger partial charge is 0.416 e. The minimum absolute atomic E-state index is 0.327. The van der Waals surface area contributed by atoms with Gasteiger partial charge in [-0.05, 0) is 16.5 Å². The molecule has 0 aromatic rings. The maximum atomic E-state index is 6.22. The van der Waals surface area contributed by atoms with E-state index in [1.807, 2.05) is 0 Å². The van der Waals surface area contributed by atoms with Gasteiger partial charge in [-0.15, -0.1) is 0 Å². The molecule has 0 saturated carbocycles. The minimum Gasteiger partial charge on any atom is -0.416 e. The smallest absolute Gasteiger partial charge is 0.222 e. The fraction of sp³-hybridized carbons (Fsp3) is 1.00. The molecule has 97 valence electrons. The van der Waals surface area contributed by atoms with Crippen LogP contribution in [-0.2, 0) is 4.43 Å². The lowest BCUT2D eigenvalue weighted by Gasteiger charge is -2.37. The summed E-state index contributed by atoms with van der Waals surface area (Å²) in [5.74, 6) is 0. The van der Waals surface area contributed by atoms with Crippen molar-refractivity contribution in [2.24, 2.45) is 0 Å². The van der Waals surface area contributed by atoms with Crippen LogP contribution < -0.4 is 0 Å². The second-order valence-electron chi connectivity index (χ2n) is 6.74. The van der Waals surface area contributed by atoms with Crippen molar-refractivity contribution in [3.63, 3.8) is 0 Å². The Bertz CT molecular complexity index is 162. The van der Waals surface area contributed by atoms with Crippen molar-refractivity contribution in [2.75, 3.05) is 6.61 Å². The van der Waals surface area contributed by atoms with Crippen molar-refractivity contribution in [1.82, 2.24) is 0 Å². The highest BCUT2D eigenvalue weighted by Gasteiger charge is 2.39. The standard InChI is InChI=1S/C14H31OSi/c1-8-9-10-11-12-15-16(13(2,3)4)14(5,6)7/h8-12H2,1-7H3. The zero-order valence-electron chi connectivity index (χ0n) is 12.4. The molecule has 0 N–H and O–H groups in total. The molecule has 0 spiro atoms. The van der Waals surface area contributed by atoms with Crippen LogP contribution in [0.1, 0.15) is 74.1 Å². The van der Waals surface area contributed by atoms with Gasteiger partial charge in [-0.2, -0.15) is 0 Å². The first kappa shape index (κ1) is 16.2. The van der Waals surface area contributed by atoms with Gasteiger partial charge in [0.15, 0.2) is 0 Å². The zero-order valence-corrected chi connectivity index (χ0v) is 13.4. The first-order valence-corrected chi connectivity index (χ1v) is 8.11. The Kier molecular flexibility index (Phi) is 6.88. The van der Waals surface area contributed by atoms with Gasteiger partial charge >= 0.3 is 0 Å². The third-order valence-electron chi connectivity index (χ3n) is 2.61. The van der Waals surface area contributed by atoms with Crippen LogP contribution in [0.3, 0.4) is 0 Å². The summed E-state index contributed by atoms with van der Waals surface area (Å²) in [5, 5.41) is 0.654. The summed E-state index contributed by atoms with van der Waals surface area (Å²) in [6.45, 7) is 17.1. The van der Waals surface area contributed by atoms with E-state index in [4.69, 9.17) is 4.43 Å². The van der Waals surface area contributed by atoms with Crippen LogP contribution >= 0.6 is 0 Å². The van der Waals surface area contributed by atoms with E-state index in [2.05, 4.69) is 48.5 Å². The molecule has 0 bridgehead atoms. The number of unbranched alkanes of at least 4 members (excludes halogenated alkanes) is 3. The molecular formula is C14H31OSi. The van der Waals surface area contributed by atoms with Crippen molar-refractivity contribution < 1.29 is 4.43 Å². The molecular weight excluding hydrogens is 212 g/mol. The highest BCUT2D eigenvalue weighted by atomic mass is 28.3. The first-order valence-electron chi connectivity index (χ1n) is 6.70. The van der Waals surface area contributed by atoms with Crippen LogP contribution in [0.25, 0.3) is 0 Å². The molecule has 0 atom stereocenters. The Morgan fingerprint density at radius 1 is 0.812 bits per heavy atom. The minimum atomic E-state index is -0.763. The second-order valence-corrected chi connectivity index (χ2v) is 10.7. The molecule has 0 saturated heterocycles. The first-order chi connectivity index (χ1) is 7.19. The van der Waals surface area contributed by atoms with Gasteiger partial charge in [-0.1, -0.05) is 67.7 Å². The molecule has 0 aliphatic heterocycles. The van der Waals surface area contributed by atoms with E-state index in [-0.39, 0.29) is 0 Å². The van der Waals surface area contributed by atoms with E-state index in [0.717, 1.165) is 6.61 Å². The molecule has 0 aliphatic rings. The third kappa shape index (κ3) is 6.69. The molecule has 0 aromatic carbocycles. The van der Waals surface area contributed by atoms with Gasteiger partial charge in [0, 0.05) is 6.61 Å². The van der Waals surface area contributed by atoms with E-state index in [0.29, 0.717) is 10.1 Å². The molecule has 0 rings (SSSR count). The number of hydrogen-bond donors (Lipinski definition) is 0. The maximum absolute atomic E-state index is 6.22. The van der Waals surface area contributed by atoms with Crippen molar-refractivity contribution in [3.05, 3.63) is 0 Å². The van der Waals surface area contributed by atoms with Crippen LogP contribution in [-0.4, -0.2) is 15.6 Å².